The molecule has 3 rings (SSSR count). The van der Waals surface area contributed by atoms with E-state index in [9.17, 15) is 9.59 Å². The number of anilines is 1. The Hall–Kier alpha value is -2.86. The van der Waals surface area contributed by atoms with Crippen molar-refractivity contribution < 1.29 is 19.1 Å². The van der Waals surface area contributed by atoms with Gasteiger partial charge in [-0.1, -0.05) is 48.5 Å². The van der Waals surface area contributed by atoms with Crippen molar-refractivity contribution >= 4 is 17.7 Å². The molecule has 1 aliphatic rings. The Morgan fingerprint density at radius 3 is 2.26 bits per heavy atom. The van der Waals surface area contributed by atoms with Crippen LogP contribution in [0.1, 0.15) is 32.3 Å². The summed E-state index contributed by atoms with van der Waals surface area (Å²) in [6.45, 7) is 6.39. The number of piperidine rings is 1. The molecule has 1 aliphatic heterocycles. The fourth-order valence-corrected chi connectivity index (χ4v) is 3.98. The summed E-state index contributed by atoms with van der Waals surface area (Å²) in [6.07, 6.45) is 1.06. The summed E-state index contributed by atoms with van der Waals surface area (Å²) >= 11 is 0. The maximum atomic E-state index is 13.3. The second kappa shape index (κ2) is 11.5. The van der Waals surface area contributed by atoms with Crippen LogP contribution in [0.15, 0.2) is 60.7 Å². The minimum absolute atomic E-state index is 0.0659. The number of hydrogen-bond donors (Lipinski definition) is 0. The van der Waals surface area contributed by atoms with Gasteiger partial charge in [-0.3, -0.25) is 4.79 Å². The van der Waals surface area contributed by atoms with Crippen molar-refractivity contribution in [1.29, 1.82) is 0 Å². The van der Waals surface area contributed by atoms with Crippen molar-refractivity contribution in [3.05, 3.63) is 66.2 Å². The molecule has 2 aromatic carbocycles. The van der Waals surface area contributed by atoms with Crippen LogP contribution in [0, 0.1) is 0 Å². The zero-order chi connectivity index (χ0) is 22.1. The summed E-state index contributed by atoms with van der Waals surface area (Å²) in [5.74, 6) is -0.220. The molecule has 1 atom stereocenters. The van der Waals surface area contributed by atoms with Gasteiger partial charge in [0.05, 0.1) is 6.61 Å². The number of carbonyl (C=O) groups excluding carboxylic acids is 2. The molecule has 1 saturated heterocycles. The van der Waals surface area contributed by atoms with Gasteiger partial charge in [0.2, 0.25) is 0 Å². The molecule has 1 heterocycles. The third-order valence-corrected chi connectivity index (χ3v) is 5.64. The first-order valence-corrected chi connectivity index (χ1v) is 11.1. The van der Waals surface area contributed by atoms with E-state index >= 15 is 0 Å². The summed E-state index contributed by atoms with van der Waals surface area (Å²) < 4.78 is 10.0. The first-order chi connectivity index (χ1) is 15.1. The minimum Gasteiger partial charge on any atom is -0.435 e. The Kier molecular flexibility index (Phi) is 8.47. The smallest absolute Gasteiger partial charge is 0.435 e. The number of para-hydroxylation sites is 1. The number of hydrogen-bond acceptors (Lipinski definition) is 5. The number of amides is 1. The molecule has 0 radical (unpaired) electrons. The summed E-state index contributed by atoms with van der Waals surface area (Å²) in [4.78, 5) is 29.2. The Labute approximate surface area is 184 Å². The SMILES string of the molecule is CCOC(=O)OC(C)C(=O)N(c1ccccc1)C1CCN(CCc2ccccc2)CC1. The second-order valence-electron chi connectivity index (χ2n) is 7.80. The lowest BCUT2D eigenvalue weighted by molar-refractivity contribution is -0.128. The summed E-state index contributed by atoms with van der Waals surface area (Å²) in [5, 5.41) is 0. The maximum Gasteiger partial charge on any atom is 0.509 e. The van der Waals surface area contributed by atoms with Crippen molar-refractivity contribution in [3.63, 3.8) is 0 Å². The predicted octanol–water partition coefficient (Wildman–Crippen LogP) is 4.29. The predicted molar refractivity (Wildman–Crippen MR) is 121 cm³/mol. The first kappa shape index (κ1) is 22.8. The molecular weight excluding hydrogens is 392 g/mol. The van der Waals surface area contributed by atoms with Gasteiger partial charge in [0.15, 0.2) is 6.10 Å². The van der Waals surface area contributed by atoms with E-state index in [0.29, 0.717) is 0 Å². The van der Waals surface area contributed by atoms with Gasteiger partial charge in [-0.25, -0.2) is 4.79 Å². The van der Waals surface area contributed by atoms with Crippen LogP contribution in [-0.2, 0) is 20.7 Å². The van der Waals surface area contributed by atoms with Gasteiger partial charge in [-0.2, -0.15) is 0 Å². The van der Waals surface area contributed by atoms with Gasteiger partial charge in [0.25, 0.3) is 5.91 Å². The molecule has 0 aliphatic carbocycles. The van der Waals surface area contributed by atoms with Crippen LogP contribution in [0.2, 0.25) is 0 Å². The Morgan fingerprint density at radius 2 is 1.65 bits per heavy atom. The molecule has 2 aromatic rings. The van der Waals surface area contributed by atoms with Crippen molar-refractivity contribution in [1.82, 2.24) is 4.90 Å². The highest BCUT2D eigenvalue weighted by Crippen LogP contribution is 2.25. The number of likely N-dealkylation sites (tertiary alicyclic amines) is 1. The van der Waals surface area contributed by atoms with Crippen molar-refractivity contribution in [2.24, 2.45) is 0 Å². The first-order valence-electron chi connectivity index (χ1n) is 11.1. The summed E-state index contributed by atoms with van der Waals surface area (Å²) in [7, 11) is 0. The van der Waals surface area contributed by atoms with Crippen LogP contribution in [0.5, 0.6) is 0 Å². The van der Waals surface area contributed by atoms with E-state index in [0.717, 1.165) is 44.6 Å². The normalized spacial score (nSPS) is 15.8. The fraction of sp³-hybridized carbons (Fsp3) is 0.440. The molecule has 0 N–H and O–H groups in total. The molecule has 0 bridgehead atoms. The third-order valence-electron chi connectivity index (χ3n) is 5.64. The number of rotatable bonds is 8. The van der Waals surface area contributed by atoms with E-state index < -0.39 is 12.3 Å². The molecule has 0 spiro atoms. The lowest BCUT2D eigenvalue weighted by Crippen LogP contribution is -2.51. The molecule has 166 valence electrons. The van der Waals surface area contributed by atoms with E-state index in [4.69, 9.17) is 9.47 Å². The molecule has 0 aromatic heterocycles. The quantitative estimate of drug-likeness (QED) is 0.592. The van der Waals surface area contributed by atoms with Gasteiger partial charge < -0.3 is 19.3 Å². The summed E-state index contributed by atoms with van der Waals surface area (Å²) in [5.41, 5.74) is 2.17. The molecule has 0 saturated carbocycles. The van der Waals surface area contributed by atoms with Crippen molar-refractivity contribution in [2.75, 3.05) is 31.1 Å². The van der Waals surface area contributed by atoms with Gasteiger partial charge in [0.1, 0.15) is 0 Å². The average molecular weight is 425 g/mol. The second-order valence-corrected chi connectivity index (χ2v) is 7.80. The van der Waals surface area contributed by atoms with E-state index in [-0.39, 0.29) is 18.6 Å². The van der Waals surface area contributed by atoms with Crippen LogP contribution in [-0.4, -0.2) is 55.3 Å². The fourth-order valence-electron chi connectivity index (χ4n) is 3.98. The Morgan fingerprint density at radius 1 is 1.03 bits per heavy atom. The monoisotopic (exact) mass is 424 g/mol. The highest BCUT2D eigenvalue weighted by atomic mass is 16.7. The molecule has 1 unspecified atom stereocenters. The van der Waals surface area contributed by atoms with Crippen LogP contribution in [0.25, 0.3) is 0 Å². The minimum atomic E-state index is -0.907. The number of ether oxygens (including phenoxy) is 2. The number of nitrogens with zero attached hydrogens (tertiary/aromatic N) is 2. The summed E-state index contributed by atoms with van der Waals surface area (Å²) in [6, 6.07) is 20.2. The lowest BCUT2D eigenvalue weighted by atomic mass is 10.0. The molecular formula is C25H32N2O4. The van der Waals surface area contributed by atoms with Gasteiger partial charge in [-0.15, -0.1) is 0 Å². The molecule has 31 heavy (non-hydrogen) atoms. The highest BCUT2D eigenvalue weighted by molar-refractivity contribution is 5.97. The maximum absolute atomic E-state index is 13.3. The molecule has 6 heteroatoms. The van der Waals surface area contributed by atoms with Crippen LogP contribution >= 0.6 is 0 Å². The molecule has 1 fully saturated rings. The zero-order valence-corrected chi connectivity index (χ0v) is 18.4. The van der Waals surface area contributed by atoms with Gasteiger partial charge >= 0.3 is 6.16 Å². The Balaban J connectivity index is 1.62. The van der Waals surface area contributed by atoms with Crippen LogP contribution in [0.4, 0.5) is 10.5 Å². The average Bonchev–Trinajstić information content (AvgIpc) is 2.80. The van der Waals surface area contributed by atoms with E-state index in [1.807, 2.05) is 36.4 Å². The van der Waals surface area contributed by atoms with Gasteiger partial charge in [-0.05, 0) is 50.8 Å². The topological polar surface area (TPSA) is 59.1 Å². The van der Waals surface area contributed by atoms with E-state index in [2.05, 4.69) is 29.2 Å². The lowest BCUT2D eigenvalue weighted by Gasteiger charge is -2.39. The third kappa shape index (κ3) is 6.56. The van der Waals surface area contributed by atoms with E-state index in [1.165, 1.54) is 5.56 Å². The van der Waals surface area contributed by atoms with Gasteiger partial charge in [0, 0.05) is 31.4 Å². The molecule has 6 nitrogen and oxygen atoms in total. The zero-order valence-electron chi connectivity index (χ0n) is 18.4. The Bertz CT molecular complexity index is 820. The largest absolute Gasteiger partial charge is 0.509 e. The van der Waals surface area contributed by atoms with Crippen LogP contribution < -0.4 is 4.90 Å². The van der Waals surface area contributed by atoms with Crippen molar-refractivity contribution in [3.8, 4) is 0 Å². The standard InChI is InChI=1S/C25H32N2O4/c1-3-30-25(29)31-20(2)24(28)27(22-12-8-5-9-13-22)23-15-18-26(19-16-23)17-14-21-10-6-4-7-11-21/h4-13,20,23H,3,14-19H2,1-2H3. The highest BCUT2D eigenvalue weighted by Gasteiger charge is 2.33. The van der Waals surface area contributed by atoms with E-state index in [1.54, 1.807) is 18.7 Å². The van der Waals surface area contributed by atoms with Crippen LogP contribution in [0.3, 0.4) is 0 Å². The molecule has 1 amide bonds. The number of benzene rings is 2. The van der Waals surface area contributed by atoms with Crippen molar-refractivity contribution in [2.45, 2.75) is 45.3 Å². The number of carbonyl (C=O) groups is 2.